The number of aromatic amines is 1. The number of carbonyl (C=O) groups is 1. The number of anilines is 1. The SMILES string of the molecule is Cc1nc(-c2ccc(Cl)s2)sc1C(=O)Nc1n[nH]c(-c2ccco2)n1. The van der Waals surface area contributed by atoms with Crippen LogP contribution in [0.25, 0.3) is 21.5 Å². The lowest BCUT2D eigenvalue weighted by Gasteiger charge is -1.97. The van der Waals surface area contributed by atoms with E-state index in [0.29, 0.717) is 26.5 Å². The molecular formula is C15H10ClN5O2S2. The van der Waals surface area contributed by atoms with Gasteiger partial charge in [0.1, 0.15) is 9.88 Å². The summed E-state index contributed by atoms with van der Waals surface area (Å²) in [6, 6.07) is 7.19. The summed E-state index contributed by atoms with van der Waals surface area (Å²) >= 11 is 8.68. The van der Waals surface area contributed by atoms with E-state index >= 15 is 0 Å². The van der Waals surface area contributed by atoms with Crippen LogP contribution in [0.4, 0.5) is 5.95 Å². The zero-order valence-electron chi connectivity index (χ0n) is 12.7. The third-order valence-electron chi connectivity index (χ3n) is 3.25. The fourth-order valence-electron chi connectivity index (χ4n) is 2.14. The van der Waals surface area contributed by atoms with Crippen LogP contribution >= 0.6 is 34.3 Å². The number of thiazole rings is 1. The van der Waals surface area contributed by atoms with Crippen molar-refractivity contribution in [1.82, 2.24) is 20.2 Å². The van der Waals surface area contributed by atoms with E-state index in [0.717, 1.165) is 9.88 Å². The van der Waals surface area contributed by atoms with E-state index < -0.39 is 0 Å². The smallest absolute Gasteiger partial charge is 0.270 e. The van der Waals surface area contributed by atoms with Crippen molar-refractivity contribution in [3.63, 3.8) is 0 Å². The van der Waals surface area contributed by atoms with Gasteiger partial charge in [-0.15, -0.1) is 27.8 Å². The number of nitrogens with one attached hydrogen (secondary N) is 2. The zero-order chi connectivity index (χ0) is 17.4. The zero-order valence-corrected chi connectivity index (χ0v) is 15.1. The quantitative estimate of drug-likeness (QED) is 0.535. The summed E-state index contributed by atoms with van der Waals surface area (Å²) in [5, 5.41) is 10.1. The summed E-state index contributed by atoms with van der Waals surface area (Å²) < 4.78 is 5.91. The summed E-state index contributed by atoms with van der Waals surface area (Å²) in [5.74, 6) is 0.841. The molecule has 4 aromatic heterocycles. The maximum absolute atomic E-state index is 12.5. The largest absolute Gasteiger partial charge is 0.461 e. The Morgan fingerprint density at radius 2 is 2.16 bits per heavy atom. The summed E-state index contributed by atoms with van der Waals surface area (Å²) in [6.45, 7) is 1.79. The Morgan fingerprint density at radius 3 is 2.88 bits per heavy atom. The number of H-pyrrole nitrogens is 1. The molecule has 10 heteroatoms. The van der Waals surface area contributed by atoms with Crippen LogP contribution in [-0.4, -0.2) is 26.1 Å². The maximum Gasteiger partial charge on any atom is 0.270 e. The Bertz CT molecular complexity index is 1030. The average Bonchev–Trinajstić information content (AvgIpc) is 3.32. The topological polar surface area (TPSA) is 96.7 Å². The number of halogens is 1. The second-order valence-electron chi connectivity index (χ2n) is 4.98. The molecule has 0 saturated carbocycles. The molecule has 0 saturated heterocycles. The number of aromatic nitrogens is 4. The molecule has 25 heavy (non-hydrogen) atoms. The molecule has 0 aromatic carbocycles. The summed E-state index contributed by atoms with van der Waals surface area (Å²) in [6.07, 6.45) is 1.54. The third kappa shape index (κ3) is 3.21. The highest BCUT2D eigenvalue weighted by Crippen LogP contribution is 2.35. The van der Waals surface area contributed by atoms with E-state index in [1.165, 1.54) is 28.9 Å². The molecule has 2 N–H and O–H groups in total. The maximum atomic E-state index is 12.5. The Kier molecular flexibility index (Phi) is 4.12. The molecule has 7 nitrogen and oxygen atoms in total. The molecular weight excluding hydrogens is 382 g/mol. The number of rotatable bonds is 4. The lowest BCUT2D eigenvalue weighted by Crippen LogP contribution is -2.12. The van der Waals surface area contributed by atoms with E-state index in [1.54, 1.807) is 19.1 Å². The van der Waals surface area contributed by atoms with Crippen molar-refractivity contribution in [2.75, 3.05) is 5.32 Å². The number of thiophene rings is 1. The molecule has 0 unspecified atom stereocenters. The van der Waals surface area contributed by atoms with Gasteiger partial charge in [0.2, 0.25) is 5.95 Å². The van der Waals surface area contributed by atoms with Crippen molar-refractivity contribution < 1.29 is 9.21 Å². The molecule has 0 spiro atoms. The van der Waals surface area contributed by atoms with Gasteiger partial charge in [-0.1, -0.05) is 11.6 Å². The average molecular weight is 392 g/mol. The number of aryl methyl sites for hydroxylation is 1. The molecule has 0 bridgehead atoms. The lowest BCUT2D eigenvalue weighted by atomic mass is 10.4. The Hall–Kier alpha value is -2.49. The molecule has 1 amide bonds. The molecule has 0 aliphatic rings. The van der Waals surface area contributed by atoms with Gasteiger partial charge in [0.15, 0.2) is 11.6 Å². The van der Waals surface area contributed by atoms with E-state index in [9.17, 15) is 4.79 Å². The Morgan fingerprint density at radius 1 is 1.28 bits per heavy atom. The molecule has 4 aromatic rings. The standard InChI is InChI=1S/C15H10ClN5O2S2/c1-7-11(25-14(17-7)9-4-5-10(16)24-9)13(22)19-15-18-12(20-21-15)8-3-2-6-23-8/h2-6H,1H3,(H2,18,19,20,21,22). The first kappa shape index (κ1) is 16.0. The first-order chi connectivity index (χ1) is 12.1. The molecule has 0 fully saturated rings. The number of amides is 1. The number of nitrogens with zero attached hydrogens (tertiary/aromatic N) is 3. The summed E-state index contributed by atoms with van der Waals surface area (Å²) in [4.78, 5) is 22.6. The second-order valence-corrected chi connectivity index (χ2v) is 7.69. The minimum absolute atomic E-state index is 0.171. The first-order valence-electron chi connectivity index (χ1n) is 7.11. The minimum atomic E-state index is -0.311. The second kappa shape index (κ2) is 6.43. The Balaban J connectivity index is 1.54. The van der Waals surface area contributed by atoms with Crippen molar-refractivity contribution in [2.45, 2.75) is 6.92 Å². The van der Waals surface area contributed by atoms with Gasteiger partial charge in [0, 0.05) is 0 Å². The van der Waals surface area contributed by atoms with Crippen LogP contribution in [0.5, 0.6) is 0 Å². The van der Waals surface area contributed by atoms with Gasteiger partial charge in [0.25, 0.3) is 5.91 Å². The van der Waals surface area contributed by atoms with Gasteiger partial charge in [-0.3, -0.25) is 15.2 Å². The molecule has 0 atom stereocenters. The number of hydrogen-bond acceptors (Lipinski definition) is 7. The van der Waals surface area contributed by atoms with Gasteiger partial charge in [-0.25, -0.2) is 4.98 Å². The van der Waals surface area contributed by atoms with E-state index in [4.69, 9.17) is 16.0 Å². The van der Waals surface area contributed by atoms with Gasteiger partial charge in [0.05, 0.1) is 21.2 Å². The van der Waals surface area contributed by atoms with Crippen molar-refractivity contribution in [3.05, 3.63) is 45.4 Å². The highest BCUT2D eigenvalue weighted by molar-refractivity contribution is 7.24. The van der Waals surface area contributed by atoms with E-state index in [1.807, 2.05) is 12.1 Å². The van der Waals surface area contributed by atoms with Gasteiger partial charge in [-0.05, 0) is 31.2 Å². The van der Waals surface area contributed by atoms with Crippen LogP contribution in [0.2, 0.25) is 4.34 Å². The molecule has 0 aliphatic carbocycles. The molecule has 4 rings (SSSR count). The van der Waals surface area contributed by atoms with Crippen LogP contribution in [0.1, 0.15) is 15.4 Å². The van der Waals surface area contributed by atoms with E-state index in [2.05, 4.69) is 25.5 Å². The fraction of sp³-hybridized carbons (Fsp3) is 0.0667. The molecule has 0 aliphatic heterocycles. The number of hydrogen-bond donors (Lipinski definition) is 2. The summed E-state index contributed by atoms with van der Waals surface area (Å²) in [5.41, 5.74) is 0.642. The number of furan rings is 1. The highest BCUT2D eigenvalue weighted by Gasteiger charge is 2.19. The predicted molar refractivity (Wildman–Crippen MR) is 97.2 cm³/mol. The predicted octanol–water partition coefficient (Wildman–Crippen LogP) is 4.46. The van der Waals surface area contributed by atoms with Crippen LogP contribution in [-0.2, 0) is 0 Å². The minimum Gasteiger partial charge on any atom is -0.461 e. The van der Waals surface area contributed by atoms with Crippen LogP contribution in [0.15, 0.2) is 34.9 Å². The monoisotopic (exact) mass is 391 g/mol. The number of carbonyl (C=O) groups excluding carboxylic acids is 1. The molecule has 4 heterocycles. The van der Waals surface area contributed by atoms with Gasteiger partial charge >= 0.3 is 0 Å². The van der Waals surface area contributed by atoms with Crippen molar-refractivity contribution in [2.24, 2.45) is 0 Å². The van der Waals surface area contributed by atoms with Crippen LogP contribution < -0.4 is 5.32 Å². The van der Waals surface area contributed by atoms with Crippen LogP contribution in [0.3, 0.4) is 0 Å². The van der Waals surface area contributed by atoms with Crippen LogP contribution in [0, 0.1) is 6.92 Å². The van der Waals surface area contributed by atoms with E-state index in [-0.39, 0.29) is 11.9 Å². The lowest BCUT2D eigenvalue weighted by molar-refractivity contribution is 0.102. The van der Waals surface area contributed by atoms with Crippen molar-refractivity contribution >= 4 is 46.1 Å². The summed E-state index contributed by atoms with van der Waals surface area (Å²) in [7, 11) is 0. The normalized spacial score (nSPS) is 11.0. The van der Waals surface area contributed by atoms with Crippen molar-refractivity contribution in [1.29, 1.82) is 0 Å². The molecule has 126 valence electrons. The Labute approximate surface area is 154 Å². The third-order valence-corrected chi connectivity index (χ3v) is 5.81. The van der Waals surface area contributed by atoms with Crippen molar-refractivity contribution in [3.8, 4) is 21.5 Å². The van der Waals surface area contributed by atoms with Gasteiger partial charge < -0.3 is 4.42 Å². The molecule has 0 radical (unpaired) electrons. The highest BCUT2D eigenvalue weighted by atomic mass is 35.5. The first-order valence-corrected chi connectivity index (χ1v) is 9.12. The fourth-order valence-corrected chi connectivity index (χ4v) is 4.20. The van der Waals surface area contributed by atoms with Gasteiger partial charge in [-0.2, -0.15) is 4.98 Å².